The molecule has 1 rings (SSSR count). The summed E-state index contributed by atoms with van der Waals surface area (Å²) in [4.78, 5) is 34.6. The summed E-state index contributed by atoms with van der Waals surface area (Å²) < 4.78 is 0. The maximum absolute atomic E-state index is 11.8. The lowest BCUT2D eigenvalue weighted by Crippen LogP contribution is -2.40. The fraction of sp³-hybridized carbons (Fsp3) is 0.438. The van der Waals surface area contributed by atoms with E-state index in [4.69, 9.17) is 5.11 Å². The Morgan fingerprint density at radius 3 is 2.38 bits per heavy atom. The van der Waals surface area contributed by atoms with Crippen LogP contribution in [0.2, 0.25) is 0 Å². The highest BCUT2D eigenvalue weighted by Gasteiger charge is 2.19. The SMILES string of the molecule is CCCC[C@H](NC(=O)CCC(=O)c1ccccc1)C(=O)O. The topological polar surface area (TPSA) is 83.5 Å². The van der Waals surface area contributed by atoms with Gasteiger partial charge in [-0.15, -0.1) is 0 Å². The maximum Gasteiger partial charge on any atom is 0.326 e. The Bertz CT molecular complexity index is 484. The van der Waals surface area contributed by atoms with Gasteiger partial charge in [0.25, 0.3) is 0 Å². The van der Waals surface area contributed by atoms with Crippen molar-refractivity contribution in [1.82, 2.24) is 5.32 Å². The van der Waals surface area contributed by atoms with Gasteiger partial charge in [0.1, 0.15) is 6.04 Å². The number of carboxylic acid groups (broad SMARTS) is 1. The van der Waals surface area contributed by atoms with Crippen LogP contribution in [0.25, 0.3) is 0 Å². The van der Waals surface area contributed by atoms with Crippen molar-refractivity contribution in [3.8, 4) is 0 Å². The predicted molar refractivity (Wildman–Crippen MR) is 79.1 cm³/mol. The molecule has 1 aromatic carbocycles. The number of rotatable bonds is 9. The fourth-order valence-corrected chi connectivity index (χ4v) is 1.93. The molecule has 0 aliphatic heterocycles. The van der Waals surface area contributed by atoms with Gasteiger partial charge in [-0.2, -0.15) is 0 Å². The number of amides is 1. The Kier molecular flexibility index (Phi) is 7.15. The predicted octanol–water partition coefficient (Wildman–Crippen LogP) is 2.41. The minimum Gasteiger partial charge on any atom is -0.480 e. The van der Waals surface area contributed by atoms with Crippen molar-refractivity contribution in [2.45, 2.75) is 45.1 Å². The van der Waals surface area contributed by atoms with Gasteiger partial charge in [0, 0.05) is 18.4 Å². The van der Waals surface area contributed by atoms with E-state index < -0.39 is 17.9 Å². The molecule has 0 radical (unpaired) electrons. The summed E-state index contributed by atoms with van der Waals surface area (Å²) >= 11 is 0. The molecule has 1 atom stereocenters. The molecule has 0 unspecified atom stereocenters. The largest absolute Gasteiger partial charge is 0.480 e. The number of nitrogens with one attached hydrogen (secondary N) is 1. The monoisotopic (exact) mass is 291 g/mol. The molecule has 0 fully saturated rings. The van der Waals surface area contributed by atoms with E-state index in [0.717, 1.165) is 12.8 Å². The molecule has 5 nitrogen and oxygen atoms in total. The zero-order valence-corrected chi connectivity index (χ0v) is 12.2. The highest BCUT2D eigenvalue weighted by molar-refractivity contribution is 5.98. The van der Waals surface area contributed by atoms with Gasteiger partial charge in [0.15, 0.2) is 5.78 Å². The minimum atomic E-state index is -1.04. The van der Waals surface area contributed by atoms with Crippen LogP contribution in [-0.4, -0.2) is 28.8 Å². The third kappa shape index (κ3) is 6.21. The molecular formula is C16H21NO4. The molecule has 0 spiro atoms. The summed E-state index contributed by atoms with van der Waals surface area (Å²) in [6.45, 7) is 1.96. The first-order valence-corrected chi connectivity index (χ1v) is 7.15. The number of ketones is 1. The Morgan fingerprint density at radius 1 is 1.14 bits per heavy atom. The van der Waals surface area contributed by atoms with Crippen LogP contribution < -0.4 is 5.32 Å². The Balaban J connectivity index is 2.42. The average Bonchev–Trinajstić information content (AvgIpc) is 2.49. The number of benzene rings is 1. The smallest absolute Gasteiger partial charge is 0.326 e. The number of carbonyl (C=O) groups excluding carboxylic acids is 2. The van der Waals surface area contributed by atoms with E-state index in [1.54, 1.807) is 24.3 Å². The number of hydrogen-bond donors (Lipinski definition) is 2. The standard InChI is InChI=1S/C16H21NO4/c1-2-3-9-13(16(20)21)17-15(19)11-10-14(18)12-7-5-4-6-8-12/h4-8,13H,2-3,9-11H2,1H3,(H,17,19)(H,20,21)/t13-/m0/s1. The normalized spacial score (nSPS) is 11.7. The quantitative estimate of drug-likeness (QED) is 0.684. The van der Waals surface area contributed by atoms with Crippen molar-refractivity contribution in [3.05, 3.63) is 35.9 Å². The number of unbranched alkanes of at least 4 members (excludes halogenated alkanes) is 1. The van der Waals surface area contributed by atoms with Crippen molar-refractivity contribution < 1.29 is 19.5 Å². The first-order valence-electron chi connectivity index (χ1n) is 7.15. The van der Waals surface area contributed by atoms with Gasteiger partial charge in [-0.25, -0.2) is 4.79 Å². The summed E-state index contributed by atoms with van der Waals surface area (Å²) in [6, 6.07) is 7.86. The van der Waals surface area contributed by atoms with E-state index >= 15 is 0 Å². The van der Waals surface area contributed by atoms with Gasteiger partial charge < -0.3 is 10.4 Å². The van der Waals surface area contributed by atoms with Gasteiger partial charge in [-0.3, -0.25) is 9.59 Å². The fourth-order valence-electron chi connectivity index (χ4n) is 1.93. The molecule has 114 valence electrons. The zero-order valence-electron chi connectivity index (χ0n) is 12.2. The molecule has 1 aromatic rings. The van der Waals surface area contributed by atoms with Crippen molar-refractivity contribution in [1.29, 1.82) is 0 Å². The second-order valence-electron chi connectivity index (χ2n) is 4.89. The third-order valence-electron chi connectivity index (χ3n) is 3.15. The molecule has 0 bridgehead atoms. The highest BCUT2D eigenvalue weighted by Crippen LogP contribution is 2.06. The molecule has 0 saturated heterocycles. The second-order valence-corrected chi connectivity index (χ2v) is 4.89. The number of hydrogen-bond acceptors (Lipinski definition) is 3. The first-order chi connectivity index (χ1) is 10.0. The molecule has 0 aliphatic rings. The van der Waals surface area contributed by atoms with E-state index in [9.17, 15) is 14.4 Å². The lowest BCUT2D eigenvalue weighted by atomic mass is 10.1. The van der Waals surface area contributed by atoms with Gasteiger partial charge in [-0.1, -0.05) is 50.1 Å². The number of Topliss-reactive ketones (excluding diaryl/α,β-unsaturated/α-hetero) is 1. The van der Waals surface area contributed by atoms with Crippen molar-refractivity contribution in [3.63, 3.8) is 0 Å². The molecule has 0 heterocycles. The van der Waals surface area contributed by atoms with E-state index in [1.807, 2.05) is 13.0 Å². The summed E-state index contributed by atoms with van der Waals surface area (Å²) in [6.07, 6.45) is 2.09. The lowest BCUT2D eigenvalue weighted by Gasteiger charge is -2.13. The molecule has 0 saturated carbocycles. The van der Waals surface area contributed by atoms with Crippen LogP contribution in [0.15, 0.2) is 30.3 Å². The van der Waals surface area contributed by atoms with Crippen LogP contribution in [0, 0.1) is 0 Å². The van der Waals surface area contributed by atoms with Crippen molar-refractivity contribution in [2.75, 3.05) is 0 Å². The van der Waals surface area contributed by atoms with E-state index in [1.165, 1.54) is 0 Å². The molecule has 5 heteroatoms. The number of aliphatic carboxylic acids is 1. The lowest BCUT2D eigenvalue weighted by molar-refractivity contribution is -0.142. The van der Waals surface area contributed by atoms with Gasteiger partial charge in [0.05, 0.1) is 0 Å². The second kappa shape index (κ2) is 8.89. The number of carbonyl (C=O) groups is 3. The van der Waals surface area contributed by atoms with E-state index in [-0.39, 0.29) is 18.6 Å². The molecular weight excluding hydrogens is 270 g/mol. The van der Waals surface area contributed by atoms with E-state index in [2.05, 4.69) is 5.32 Å². The van der Waals surface area contributed by atoms with E-state index in [0.29, 0.717) is 12.0 Å². The van der Waals surface area contributed by atoms with Gasteiger partial charge in [-0.05, 0) is 6.42 Å². The minimum absolute atomic E-state index is 0.00360. The summed E-state index contributed by atoms with van der Waals surface area (Å²) in [5.41, 5.74) is 0.561. The summed E-state index contributed by atoms with van der Waals surface area (Å²) in [7, 11) is 0. The number of carboxylic acids is 1. The Hall–Kier alpha value is -2.17. The maximum atomic E-state index is 11.8. The van der Waals surface area contributed by atoms with Crippen LogP contribution in [0.3, 0.4) is 0 Å². The molecule has 21 heavy (non-hydrogen) atoms. The summed E-state index contributed by atoms with van der Waals surface area (Å²) in [5.74, 6) is -1.56. The van der Waals surface area contributed by atoms with Crippen molar-refractivity contribution in [2.24, 2.45) is 0 Å². The van der Waals surface area contributed by atoms with Crippen molar-refractivity contribution >= 4 is 17.7 Å². The molecule has 0 aromatic heterocycles. The molecule has 1 amide bonds. The molecule has 0 aliphatic carbocycles. The highest BCUT2D eigenvalue weighted by atomic mass is 16.4. The van der Waals surface area contributed by atoms with Crippen LogP contribution in [-0.2, 0) is 9.59 Å². The first kappa shape index (κ1) is 16.9. The van der Waals surface area contributed by atoms with Gasteiger partial charge in [0.2, 0.25) is 5.91 Å². The average molecular weight is 291 g/mol. The summed E-state index contributed by atoms with van der Waals surface area (Å²) in [5, 5.41) is 11.5. The van der Waals surface area contributed by atoms with Crippen LogP contribution >= 0.6 is 0 Å². The zero-order chi connectivity index (χ0) is 15.7. The van der Waals surface area contributed by atoms with Gasteiger partial charge >= 0.3 is 5.97 Å². The Labute approximate surface area is 124 Å². The van der Waals surface area contributed by atoms with Crippen LogP contribution in [0.4, 0.5) is 0 Å². The Morgan fingerprint density at radius 2 is 1.81 bits per heavy atom. The van der Waals surface area contributed by atoms with Crippen LogP contribution in [0.1, 0.15) is 49.4 Å². The molecule has 2 N–H and O–H groups in total. The van der Waals surface area contributed by atoms with Crippen LogP contribution in [0.5, 0.6) is 0 Å². The third-order valence-corrected chi connectivity index (χ3v) is 3.15.